The van der Waals surface area contributed by atoms with E-state index >= 15 is 0 Å². The van der Waals surface area contributed by atoms with Gasteiger partial charge in [-0.1, -0.05) is 18.2 Å². The zero-order valence-electron chi connectivity index (χ0n) is 13.4. The third kappa shape index (κ3) is 2.86. The van der Waals surface area contributed by atoms with Crippen molar-refractivity contribution in [3.63, 3.8) is 0 Å². The number of carbonyl (C=O) groups excluding carboxylic acids is 1. The summed E-state index contributed by atoms with van der Waals surface area (Å²) in [6.07, 6.45) is 4.85. The molecule has 122 valence electrons. The fraction of sp³-hybridized carbons (Fsp3) is 0.250. The predicted octanol–water partition coefficient (Wildman–Crippen LogP) is 4.74. The molecule has 24 heavy (non-hydrogen) atoms. The van der Waals surface area contributed by atoms with E-state index < -0.39 is 0 Å². The highest BCUT2D eigenvalue weighted by atomic mass is 79.9. The fourth-order valence-electron chi connectivity index (χ4n) is 3.49. The van der Waals surface area contributed by atoms with E-state index in [-0.39, 0.29) is 5.91 Å². The van der Waals surface area contributed by atoms with Gasteiger partial charge in [0.2, 0.25) is 0 Å². The first-order chi connectivity index (χ1) is 11.7. The van der Waals surface area contributed by atoms with Crippen molar-refractivity contribution in [2.24, 2.45) is 0 Å². The molecule has 3 nitrogen and oxygen atoms in total. The number of hydrogen-bond donors (Lipinski definition) is 2. The predicted molar refractivity (Wildman–Crippen MR) is 100 cm³/mol. The van der Waals surface area contributed by atoms with Gasteiger partial charge in [-0.25, -0.2) is 0 Å². The molecule has 1 aliphatic carbocycles. The zero-order chi connectivity index (χ0) is 16.5. The summed E-state index contributed by atoms with van der Waals surface area (Å²) in [5, 5.41) is 4.33. The number of carbonyl (C=O) groups is 1. The van der Waals surface area contributed by atoms with Crippen LogP contribution in [0.2, 0.25) is 0 Å². The number of H-pyrrole nitrogens is 1. The number of benzene rings is 2. The van der Waals surface area contributed by atoms with Gasteiger partial charge in [0.05, 0.1) is 5.56 Å². The van der Waals surface area contributed by atoms with Crippen LogP contribution in [0, 0.1) is 0 Å². The second-order valence-electron chi connectivity index (χ2n) is 6.33. The van der Waals surface area contributed by atoms with Gasteiger partial charge in [-0.05, 0) is 77.0 Å². The highest BCUT2D eigenvalue weighted by Gasteiger charge is 2.15. The van der Waals surface area contributed by atoms with Gasteiger partial charge in [0.1, 0.15) is 0 Å². The molecule has 0 aliphatic heterocycles. The van der Waals surface area contributed by atoms with Crippen LogP contribution in [0.25, 0.3) is 10.9 Å². The van der Waals surface area contributed by atoms with Crippen LogP contribution in [-0.2, 0) is 19.4 Å². The van der Waals surface area contributed by atoms with E-state index in [1.54, 1.807) is 0 Å². The second kappa shape index (κ2) is 6.44. The first kappa shape index (κ1) is 15.5. The van der Waals surface area contributed by atoms with Gasteiger partial charge in [0, 0.05) is 27.6 Å². The number of aryl methyl sites for hydroxylation is 2. The Morgan fingerprint density at radius 2 is 1.96 bits per heavy atom. The molecule has 0 spiro atoms. The Bertz CT molecular complexity index is 913. The minimum atomic E-state index is -0.0568. The largest absolute Gasteiger partial charge is 0.358 e. The Kier molecular flexibility index (Phi) is 4.15. The van der Waals surface area contributed by atoms with Gasteiger partial charge in [-0.15, -0.1) is 0 Å². The van der Waals surface area contributed by atoms with Crippen LogP contribution >= 0.6 is 15.9 Å². The summed E-state index contributed by atoms with van der Waals surface area (Å²) in [5.74, 6) is -0.0568. The lowest BCUT2D eigenvalue weighted by Crippen LogP contribution is -2.23. The smallest absolute Gasteiger partial charge is 0.252 e. The lowest BCUT2D eigenvalue weighted by molar-refractivity contribution is 0.0950. The first-order valence-corrected chi connectivity index (χ1v) is 9.17. The Labute approximate surface area is 149 Å². The molecule has 1 amide bonds. The third-order valence-electron chi connectivity index (χ3n) is 4.73. The molecule has 4 rings (SSSR count). The van der Waals surface area contributed by atoms with Crippen molar-refractivity contribution in [1.82, 2.24) is 10.3 Å². The summed E-state index contributed by atoms with van der Waals surface area (Å²) < 4.78 is 0.817. The van der Waals surface area contributed by atoms with Crippen molar-refractivity contribution in [3.8, 4) is 0 Å². The molecular formula is C20H19BrN2O. The summed E-state index contributed by atoms with van der Waals surface area (Å²) >= 11 is 3.43. The maximum atomic E-state index is 12.3. The van der Waals surface area contributed by atoms with Crippen LogP contribution in [0.3, 0.4) is 0 Å². The zero-order valence-corrected chi connectivity index (χ0v) is 14.9. The summed E-state index contributed by atoms with van der Waals surface area (Å²) in [5.41, 5.74) is 5.87. The number of hydrogen-bond acceptors (Lipinski definition) is 1. The molecule has 0 atom stereocenters. The molecule has 0 unspecified atom stereocenters. The van der Waals surface area contributed by atoms with Crippen LogP contribution in [0.1, 0.15) is 40.0 Å². The van der Waals surface area contributed by atoms with Gasteiger partial charge in [-0.3, -0.25) is 4.79 Å². The number of aromatic amines is 1. The van der Waals surface area contributed by atoms with Crippen molar-refractivity contribution in [2.45, 2.75) is 32.2 Å². The Hall–Kier alpha value is -2.07. The monoisotopic (exact) mass is 382 g/mol. The summed E-state index contributed by atoms with van der Waals surface area (Å²) in [7, 11) is 0. The number of nitrogens with one attached hydrogen (secondary N) is 2. The second-order valence-corrected chi connectivity index (χ2v) is 7.19. The molecule has 4 heteroatoms. The number of aromatic nitrogens is 1. The van der Waals surface area contributed by atoms with Crippen molar-refractivity contribution in [2.75, 3.05) is 0 Å². The fourth-order valence-corrected chi connectivity index (χ4v) is 3.95. The van der Waals surface area contributed by atoms with Gasteiger partial charge in [0.25, 0.3) is 5.91 Å². The molecule has 1 aromatic heterocycles. The molecule has 2 N–H and O–H groups in total. The number of rotatable bonds is 3. The molecule has 0 fully saturated rings. The Morgan fingerprint density at radius 1 is 1.12 bits per heavy atom. The average Bonchev–Trinajstić information content (AvgIpc) is 2.98. The molecule has 0 saturated carbocycles. The highest BCUT2D eigenvalue weighted by Crippen LogP contribution is 2.29. The summed E-state index contributed by atoms with van der Waals surface area (Å²) in [6, 6.07) is 13.9. The average molecular weight is 383 g/mol. The van der Waals surface area contributed by atoms with Crippen molar-refractivity contribution in [3.05, 3.63) is 69.3 Å². The van der Waals surface area contributed by atoms with E-state index in [4.69, 9.17) is 0 Å². The summed E-state index contributed by atoms with van der Waals surface area (Å²) in [6.45, 7) is 0.538. The van der Waals surface area contributed by atoms with Crippen LogP contribution < -0.4 is 5.32 Å². The standard InChI is InChI=1S/C20H19BrN2O/c21-17-7-3-1-6-15(17)20(24)22-12-13-9-10-19-16(11-13)14-5-2-4-8-18(14)23-19/h1,3,6-7,9-11,23H,2,4-5,8,12H2,(H,22,24). The quantitative estimate of drug-likeness (QED) is 0.674. The molecule has 0 saturated heterocycles. The lowest BCUT2D eigenvalue weighted by atomic mass is 9.95. The van der Waals surface area contributed by atoms with Crippen LogP contribution in [-0.4, -0.2) is 10.9 Å². The summed E-state index contributed by atoms with van der Waals surface area (Å²) in [4.78, 5) is 15.9. The molecule has 0 bridgehead atoms. The van der Waals surface area contributed by atoms with Crippen molar-refractivity contribution < 1.29 is 4.79 Å². The van der Waals surface area contributed by atoms with E-state index in [0.29, 0.717) is 12.1 Å². The molecule has 3 aromatic rings. The van der Waals surface area contributed by atoms with E-state index in [9.17, 15) is 4.79 Å². The Morgan fingerprint density at radius 3 is 2.83 bits per heavy atom. The van der Waals surface area contributed by atoms with Gasteiger partial charge in [-0.2, -0.15) is 0 Å². The minimum Gasteiger partial charge on any atom is -0.358 e. The maximum absolute atomic E-state index is 12.3. The van der Waals surface area contributed by atoms with Crippen LogP contribution in [0.4, 0.5) is 0 Å². The van der Waals surface area contributed by atoms with Crippen molar-refractivity contribution >= 4 is 32.7 Å². The Balaban J connectivity index is 1.55. The van der Waals surface area contributed by atoms with Gasteiger partial charge < -0.3 is 10.3 Å². The van der Waals surface area contributed by atoms with E-state index in [0.717, 1.165) is 22.9 Å². The van der Waals surface area contributed by atoms with Crippen molar-refractivity contribution in [1.29, 1.82) is 0 Å². The minimum absolute atomic E-state index is 0.0568. The maximum Gasteiger partial charge on any atom is 0.252 e. The van der Waals surface area contributed by atoms with Gasteiger partial charge in [0.15, 0.2) is 0 Å². The van der Waals surface area contributed by atoms with Crippen LogP contribution in [0.15, 0.2) is 46.9 Å². The number of halogens is 1. The molecular weight excluding hydrogens is 364 g/mol. The van der Waals surface area contributed by atoms with E-state index in [2.05, 4.69) is 44.4 Å². The topological polar surface area (TPSA) is 44.9 Å². The third-order valence-corrected chi connectivity index (χ3v) is 5.43. The molecule has 1 heterocycles. The van der Waals surface area contributed by atoms with Gasteiger partial charge >= 0.3 is 0 Å². The number of fused-ring (bicyclic) bond motifs is 3. The first-order valence-electron chi connectivity index (χ1n) is 8.37. The normalized spacial score (nSPS) is 13.7. The molecule has 2 aromatic carbocycles. The molecule has 0 radical (unpaired) electrons. The van der Waals surface area contributed by atoms with Crippen LogP contribution in [0.5, 0.6) is 0 Å². The van der Waals surface area contributed by atoms with E-state index in [1.807, 2.05) is 24.3 Å². The van der Waals surface area contributed by atoms with E-state index in [1.165, 1.54) is 35.0 Å². The molecule has 1 aliphatic rings. The number of amides is 1. The SMILES string of the molecule is O=C(NCc1ccc2[nH]c3c(c2c1)CCCC3)c1ccccc1Br. The highest BCUT2D eigenvalue weighted by molar-refractivity contribution is 9.10. The lowest BCUT2D eigenvalue weighted by Gasteiger charge is -2.11.